The summed E-state index contributed by atoms with van der Waals surface area (Å²) < 4.78 is 0. The molecule has 0 atom stereocenters. The molecule has 2 aromatic rings. The summed E-state index contributed by atoms with van der Waals surface area (Å²) in [5, 5.41) is 20.3. The number of nitro groups is 1. The first-order chi connectivity index (χ1) is 13.7. The lowest BCUT2D eigenvalue weighted by Gasteiger charge is -2.22. The van der Waals surface area contributed by atoms with Gasteiger partial charge in [-0.3, -0.25) is 19.7 Å². The first-order valence-corrected chi connectivity index (χ1v) is 8.80. The van der Waals surface area contributed by atoms with Gasteiger partial charge in [0.1, 0.15) is 10.7 Å². The van der Waals surface area contributed by atoms with Crippen LogP contribution in [-0.2, 0) is 9.59 Å². The van der Waals surface area contributed by atoms with Gasteiger partial charge in [0, 0.05) is 17.7 Å². The molecule has 3 rings (SSSR count). The molecule has 0 radical (unpaired) electrons. The fourth-order valence-corrected chi connectivity index (χ4v) is 2.79. The maximum atomic E-state index is 12.2. The van der Waals surface area contributed by atoms with Crippen molar-refractivity contribution in [3.05, 3.63) is 73.9 Å². The zero-order valence-electron chi connectivity index (χ0n) is 15.4. The van der Waals surface area contributed by atoms with Gasteiger partial charge in [-0.1, -0.05) is 17.7 Å². The largest absolute Gasteiger partial charge is 0.349 e. The Balaban J connectivity index is 1.70. The Morgan fingerprint density at radius 2 is 1.83 bits per heavy atom. The highest BCUT2D eigenvalue weighted by Gasteiger charge is 2.21. The standard InChI is InChI=1S/C19H16ClN5O4/c1-10-5-14-15(6-11(10)2)23-19(27)16(22-14)8-18(26)24-21-9-12-3-4-13(20)17(7-12)25(28)29/h3-9,22H,1-2H3,(H,23,27)(H,24,26)/b16-8-,21-9-. The van der Waals surface area contributed by atoms with Crippen molar-refractivity contribution in [1.29, 1.82) is 0 Å². The highest BCUT2D eigenvalue weighted by Crippen LogP contribution is 2.30. The minimum atomic E-state index is -0.644. The number of carbonyl (C=O) groups excluding carboxylic acids is 2. The Labute approximate surface area is 170 Å². The van der Waals surface area contributed by atoms with E-state index in [9.17, 15) is 19.7 Å². The Kier molecular flexibility index (Phi) is 5.60. The van der Waals surface area contributed by atoms with Crippen LogP contribution >= 0.6 is 11.6 Å². The second kappa shape index (κ2) is 8.11. The summed E-state index contributed by atoms with van der Waals surface area (Å²) in [4.78, 5) is 34.5. The summed E-state index contributed by atoms with van der Waals surface area (Å²) >= 11 is 5.74. The average molecular weight is 414 g/mol. The molecule has 0 saturated carbocycles. The van der Waals surface area contributed by atoms with Crippen molar-refractivity contribution < 1.29 is 14.5 Å². The fourth-order valence-electron chi connectivity index (χ4n) is 2.60. The molecule has 1 aliphatic heterocycles. The second-order valence-corrected chi connectivity index (χ2v) is 6.73. The Morgan fingerprint density at radius 1 is 1.17 bits per heavy atom. The van der Waals surface area contributed by atoms with Gasteiger partial charge in [-0.25, -0.2) is 5.43 Å². The number of halogens is 1. The highest BCUT2D eigenvalue weighted by molar-refractivity contribution is 6.32. The number of nitrogens with zero attached hydrogens (tertiary/aromatic N) is 2. The smallest absolute Gasteiger partial charge is 0.288 e. The quantitative estimate of drug-likeness (QED) is 0.307. The number of hydrogen-bond donors (Lipinski definition) is 3. The molecule has 2 aromatic carbocycles. The summed E-state index contributed by atoms with van der Waals surface area (Å²) in [6.45, 7) is 3.88. The van der Waals surface area contributed by atoms with Crippen LogP contribution in [0.2, 0.25) is 5.02 Å². The van der Waals surface area contributed by atoms with Crippen LogP contribution in [0.1, 0.15) is 16.7 Å². The first-order valence-electron chi connectivity index (χ1n) is 8.43. The van der Waals surface area contributed by atoms with E-state index in [0.717, 1.165) is 17.2 Å². The fraction of sp³-hybridized carbons (Fsp3) is 0.105. The summed E-state index contributed by atoms with van der Waals surface area (Å²) in [6.07, 6.45) is 2.31. The molecule has 9 nitrogen and oxygen atoms in total. The molecule has 0 fully saturated rings. The van der Waals surface area contributed by atoms with Gasteiger partial charge in [0.25, 0.3) is 17.5 Å². The first kappa shape index (κ1) is 20.0. The lowest BCUT2D eigenvalue weighted by molar-refractivity contribution is -0.384. The number of carbonyl (C=O) groups is 2. The van der Waals surface area contributed by atoms with E-state index in [-0.39, 0.29) is 16.4 Å². The number of hydrazone groups is 1. The summed E-state index contributed by atoms with van der Waals surface area (Å²) in [7, 11) is 0. The topological polar surface area (TPSA) is 126 Å². The van der Waals surface area contributed by atoms with Gasteiger partial charge in [-0.2, -0.15) is 5.10 Å². The van der Waals surface area contributed by atoms with E-state index >= 15 is 0 Å². The number of fused-ring (bicyclic) bond motifs is 1. The number of benzene rings is 2. The second-order valence-electron chi connectivity index (χ2n) is 6.32. The molecule has 0 spiro atoms. The summed E-state index contributed by atoms with van der Waals surface area (Å²) in [6, 6.07) is 7.83. The molecule has 0 saturated heterocycles. The maximum Gasteiger partial charge on any atom is 0.288 e. The number of rotatable bonds is 4. The van der Waals surface area contributed by atoms with Crippen molar-refractivity contribution in [2.75, 3.05) is 10.6 Å². The zero-order valence-corrected chi connectivity index (χ0v) is 16.2. The Bertz CT molecular complexity index is 1090. The third-order valence-corrected chi connectivity index (χ3v) is 4.55. The lowest BCUT2D eigenvalue weighted by atomic mass is 10.1. The van der Waals surface area contributed by atoms with E-state index in [4.69, 9.17) is 11.6 Å². The molecule has 2 amide bonds. The van der Waals surface area contributed by atoms with Gasteiger partial charge < -0.3 is 10.6 Å². The number of hydrogen-bond acceptors (Lipinski definition) is 6. The zero-order chi connectivity index (χ0) is 21.1. The maximum absolute atomic E-state index is 12.2. The normalized spacial score (nSPS) is 14.3. The lowest BCUT2D eigenvalue weighted by Crippen LogP contribution is -2.28. The SMILES string of the molecule is Cc1cc2c(cc1C)N/C(=C\C(=O)N/N=C\c1ccc(Cl)c([N+](=O)[O-])c1)C(=O)N2. The molecule has 1 aliphatic rings. The molecule has 10 heteroatoms. The predicted octanol–water partition coefficient (Wildman–Crippen LogP) is 3.26. The minimum Gasteiger partial charge on any atom is -0.349 e. The van der Waals surface area contributed by atoms with Crippen LogP contribution in [0.4, 0.5) is 17.1 Å². The van der Waals surface area contributed by atoms with E-state index < -0.39 is 16.7 Å². The molecule has 0 unspecified atom stereocenters. The van der Waals surface area contributed by atoms with Crippen LogP contribution in [0.25, 0.3) is 0 Å². The van der Waals surface area contributed by atoms with Crippen LogP contribution in [0.5, 0.6) is 0 Å². The predicted molar refractivity (Wildman–Crippen MR) is 110 cm³/mol. The van der Waals surface area contributed by atoms with Crippen molar-refractivity contribution in [2.24, 2.45) is 5.10 Å². The molecule has 148 valence electrons. The highest BCUT2D eigenvalue weighted by atomic mass is 35.5. The van der Waals surface area contributed by atoms with E-state index in [1.807, 2.05) is 26.0 Å². The number of nitrogens with one attached hydrogen (secondary N) is 3. The van der Waals surface area contributed by atoms with Crippen molar-refractivity contribution in [3.8, 4) is 0 Å². The molecular weight excluding hydrogens is 398 g/mol. The number of aryl methyl sites for hydroxylation is 2. The van der Waals surface area contributed by atoms with E-state index in [2.05, 4.69) is 21.2 Å². The number of anilines is 2. The molecule has 0 aromatic heterocycles. The summed E-state index contributed by atoms with van der Waals surface area (Å²) in [5.74, 6) is -1.09. The molecule has 1 heterocycles. The number of nitro benzene ring substituents is 1. The van der Waals surface area contributed by atoms with Crippen LogP contribution in [0.15, 0.2) is 47.2 Å². The van der Waals surface area contributed by atoms with Gasteiger partial charge >= 0.3 is 0 Å². The molecule has 0 bridgehead atoms. The van der Waals surface area contributed by atoms with Crippen LogP contribution < -0.4 is 16.1 Å². The monoisotopic (exact) mass is 413 g/mol. The third-order valence-electron chi connectivity index (χ3n) is 4.23. The molecule has 0 aliphatic carbocycles. The van der Waals surface area contributed by atoms with Crippen LogP contribution in [-0.4, -0.2) is 23.0 Å². The van der Waals surface area contributed by atoms with Crippen molar-refractivity contribution >= 4 is 46.7 Å². The van der Waals surface area contributed by atoms with Gasteiger partial charge in [-0.15, -0.1) is 0 Å². The van der Waals surface area contributed by atoms with E-state index in [1.54, 1.807) is 0 Å². The van der Waals surface area contributed by atoms with Crippen LogP contribution in [0, 0.1) is 24.0 Å². The summed E-state index contributed by atoms with van der Waals surface area (Å²) in [5.41, 5.74) is 5.81. The van der Waals surface area contributed by atoms with Gasteiger partial charge in [-0.05, 0) is 43.2 Å². The Hall–Kier alpha value is -3.72. The third kappa shape index (κ3) is 4.58. The average Bonchev–Trinajstić information content (AvgIpc) is 2.65. The van der Waals surface area contributed by atoms with Crippen LogP contribution in [0.3, 0.4) is 0 Å². The van der Waals surface area contributed by atoms with Crippen molar-refractivity contribution in [1.82, 2.24) is 5.43 Å². The van der Waals surface area contributed by atoms with Crippen molar-refractivity contribution in [2.45, 2.75) is 13.8 Å². The van der Waals surface area contributed by atoms with Gasteiger partial charge in [0.15, 0.2) is 0 Å². The number of amides is 2. The molecule has 3 N–H and O–H groups in total. The van der Waals surface area contributed by atoms with E-state index in [1.165, 1.54) is 24.4 Å². The van der Waals surface area contributed by atoms with E-state index in [0.29, 0.717) is 16.9 Å². The van der Waals surface area contributed by atoms with Gasteiger partial charge in [0.2, 0.25) is 0 Å². The molecule has 29 heavy (non-hydrogen) atoms. The minimum absolute atomic E-state index is 0.000941. The van der Waals surface area contributed by atoms with Gasteiger partial charge in [0.05, 0.1) is 22.5 Å². The molecular formula is C19H16ClN5O4. The van der Waals surface area contributed by atoms with Crippen molar-refractivity contribution in [3.63, 3.8) is 0 Å². The Morgan fingerprint density at radius 3 is 2.48 bits per heavy atom.